The smallest absolute Gasteiger partial charge is 0.305 e. The van der Waals surface area contributed by atoms with Crippen molar-refractivity contribution in [1.82, 2.24) is 0 Å². The maximum atomic E-state index is 11.2. The number of hydrogen-bond donors (Lipinski definition) is 0. The van der Waals surface area contributed by atoms with Crippen molar-refractivity contribution < 1.29 is 14.3 Å². The van der Waals surface area contributed by atoms with E-state index in [0.29, 0.717) is 13.0 Å². The lowest BCUT2D eigenvalue weighted by molar-refractivity contribution is -0.141. The third-order valence-corrected chi connectivity index (χ3v) is 3.11. The number of benzene rings is 1. The highest BCUT2D eigenvalue weighted by Crippen LogP contribution is 2.14. The van der Waals surface area contributed by atoms with Crippen molar-refractivity contribution in [3.05, 3.63) is 35.9 Å². The molecule has 3 heteroatoms. The van der Waals surface area contributed by atoms with Crippen molar-refractivity contribution in [3.63, 3.8) is 0 Å². The fourth-order valence-electron chi connectivity index (χ4n) is 1.91. The number of methoxy groups -OCH3 is 1. The number of carbonyl (C=O) groups is 1. The molecule has 106 valence electrons. The van der Waals surface area contributed by atoms with Crippen LogP contribution in [0.3, 0.4) is 0 Å². The van der Waals surface area contributed by atoms with E-state index in [9.17, 15) is 4.79 Å². The first-order valence-corrected chi connectivity index (χ1v) is 6.98. The summed E-state index contributed by atoms with van der Waals surface area (Å²) in [5, 5.41) is 0. The van der Waals surface area contributed by atoms with Crippen LogP contribution in [0.4, 0.5) is 0 Å². The maximum absolute atomic E-state index is 11.2. The van der Waals surface area contributed by atoms with E-state index in [4.69, 9.17) is 4.74 Å². The molecule has 1 rings (SSSR count). The Bertz CT molecular complexity index is 348. The molecule has 0 aliphatic carbocycles. The molecule has 0 bridgehead atoms. The normalized spacial score (nSPS) is 12.1. The van der Waals surface area contributed by atoms with E-state index >= 15 is 0 Å². The Kier molecular flexibility index (Phi) is 7.91. The van der Waals surface area contributed by atoms with E-state index in [1.165, 1.54) is 12.7 Å². The van der Waals surface area contributed by atoms with Crippen LogP contribution in [0.25, 0.3) is 0 Å². The van der Waals surface area contributed by atoms with E-state index in [2.05, 4.69) is 23.8 Å². The molecule has 0 amide bonds. The minimum atomic E-state index is -0.162. The SMILES string of the molecule is CCCCC(CCC(=O)OC)OCc1ccccc1. The molecule has 0 aliphatic heterocycles. The van der Waals surface area contributed by atoms with Crippen molar-refractivity contribution in [3.8, 4) is 0 Å². The van der Waals surface area contributed by atoms with Crippen molar-refractivity contribution in [2.75, 3.05) is 7.11 Å². The van der Waals surface area contributed by atoms with Crippen LogP contribution in [0.5, 0.6) is 0 Å². The van der Waals surface area contributed by atoms with Gasteiger partial charge in [0.15, 0.2) is 0 Å². The predicted molar refractivity (Wildman–Crippen MR) is 75.8 cm³/mol. The molecule has 0 saturated carbocycles. The Morgan fingerprint density at radius 3 is 2.58 bits per heavy atom. The van der Waals surface area contributed by atoms with Gasteiger partial charge in [-0.2, -0.15) is 0 Å². The number of esters is 1. The van der Waals surface area contributed by atoms with Gasteiger partial charge >= 0.3 is 5.97 Å². The molecule has 0 heterocycles. The first-order valence-electron chi connectivity index (χ1n) is 6.98. The molecule has 1 aromatic carbocycles. The molecular weight excluding hydrogens is 240 g/mol. The Morgan fingerprint density at radius 1 is 1.21 bits per heavy atom. The lowest BCUT2D eigenvalue weighted by atomic mass is 10.1. The number of rotatable bonds is 9. The summed E-state index contributed by atoms with van der Waals surface area (Å²) in [6.45, 7) is 2.77. The Hall–Kier alpha value is -1.35. The molecule has 19 heavy (non-hydrogen) atoms. The van der Waals surface area contributed by atoms with Crippen LogP contribution in [0.1, 0.15) is 44.6 Å². The number of unbranched alkanes of at least 4 members (excludes halogenated alkanes) is 1. The number of carbonyl (C=O) groups excluding carboxylic acids is 1. The van der Waals surface area contributed by atoms with Crippen molar-refractivity contribution in [1.29, 1.82) is 0 Å². The molecule has 0 saturated heterocycles. The van der Waals surface area contributed by atoms with Crippen LogP contribution in [-0.2, 0) is 20.9 Å². The van der Waals surface area contributed by atoms with Gasteiger partial charge in [-0.15, -0.1) is 0 Å². The van der Waals surface area contributed by atoms with Gasteiger partial charge in [0.2, 0.25) is 0 Å². The van der Waals surface area contributed by atoms with E-state index < -0.39 is 0 Å². The lowest BCUT2D eigenvalue weighted by Gasteiger charge is -2.17. The third kappa shape index (κ3) is 6.97. The molecule has 3 nitrogen and oxygen atoms in total. The largest absolute Gasteiger partial charge is 0.469 e. The standard InChI is InChI=1S/C16H24O3/c1-3-4-10-15(11-12-16(17)18-2)19-13-14-8-6-5-7-9-14/h5-9,15H,3-4,10-13H2,1-2H3. The minimum absolute atomic E-state index is 0.138. The molecule has 0 aliphatic rings. The molecule has 1 aromatic rings. The first kappa shape index (κ1) is 15.7. The molecule has 1 unspecified atom stereocenters. The van der Waals surface area contributed by atoms with Crippen molar-refractivity contribution in [2.24, 2.45) is 0 Å². The summed E-state index contributed by atoms with van der Waals surface area (Å²) in [6.07, 6.45) is 4.57. The molecule has 0 aromatic heterocycles. The van der Waals surface area contributed by atoms with Gasteiger partial charge in [-0.05, 0) is 18.4 Å². The fourth-order valence-corrected chi connectivity index (χ4v) is 1.91. The highest BCUT2D eigenvalue weighted by Gasteiger charge is 2.12. The van der Waals surface area contributed by atoms with Gasteiger partial charge in [-0.1, -0.05) is 50.1 Å². The van der Waals surface area contributed by atoms with Crippen LogP contribution < -0.4 is 0 Å². The van der Waals surface area contributed by atoms with Gasteiger partial charge in [0.1, 0.15) is 0 Å². The predicted octanol–water partition coefficient (Wildman–Crippen LogP) is 3.72. The van der Waals surface area contributed by atoms with E-state index in [1.807, 2.05) is 18.2 Å². The van der Waals surface area contributed by atoms with Crippen LogP contribution in [0, 0.1) is 0 Å². The topological polar surface area (TPSA) is 35.5 Å². The van der Waals surface area contributed by atoms with Crippen molar-refractivity contribution >= 4 is 5.97 Å². The molecule has 0 radical (unpaired) electrons. The second-order valence-electron chi connectivity index (χ2n) is 4.68. The summed E-state index contributed by atoms with van der Waals surface area (Å²) in [5.74, 6) is -0.162. The van der Waals surface area contributed by atoms with Crippen LogP contribution in [0.15, 0.2) is 30.3 Å². The van der Waals surface area contributed by atoms with E-state index in [-0.39, 0.29) is 12.1 Å². The summed E-state index contributed by atoms with van der Waals surface area (Å²) in [4.78, 5) is 11.2. The quantitative estimate of drug-likeness (QED) is 0.638. The van der Waals surface area contributed by atoms with Crippen molar-refractivity contribution in [2.45, 2.75) is 51.7 Å². The van der Waals surface area contributed by atoms with Gasteiger partial charge in [-0.3, -0.25) is 4.79 Å². The Balaban J connectivity index is 2.37. The number of ether oxygens (including phenoxy) is 2. The molecule has 0 fully saturated rings. The maximum Gasteiger partial charge on any atom is 0.305 e. The monoisotopic (exact) mass is 264 g/mol. The summed E-state index contributed by atoms with van der Waals surface area (Å²) in [7, 11) is 1.42. The molecule has 0 N–H and O–H groups in total. The summed E-state index contributed by atoms with van der Waals surface area (Å²) < 4.78 is 10.6. The van der Waals surface area contributed by atoms with Crippen LogP contribution in [0.2, 0.25) is 0 Å². The second-order valence-corrected chi connectivity index (χ2v) is 4.68. The zero-order valence-corrected chi connectivity index (χ0v) is 11.9. The van der Waals surface area contributed by atoms with Crippen LogP contribution >= 0.6 is 0 Å². The summed E-state index contributed by atoms with van der Waals surface area (Å²) in [6, 6.07) is 10.1. The third-order valence-electron chi connectivity index (χ3n) is 3.11. The van der Waals surface area contributed by atoms with Gasteiger partial charge in [-0.25, -0.2) is 0 Å². The van der Waals surface area contributed by atoms with E-state index in [0.717, 1.165) is 25.7 Å². The average molecular weight is 264 g/mol. The van der Waals surface area contributed by atoms with E-state index in [1.54, 1.807) is 0 Å². The Labute approximate surface area is 115 Å². The molecule has 1 atom stereocenters. The van der Waals surface area contributed by atoms with Gasteiger partial charge in [0.05, 0.1) is 19.8 Å². The fraction of sp³-hybridized carbons (Fsp3) is 0.562. The van der Waals surface area contributed by atoms with Crippen LogP contribution in [-0.4, -0.2) is 19.2 Å². The zero-order valence-electron chi connectivity index (χ0n) is 11.9. The molecule has 0 spiro atoms. The first-order chi connectivity index (χ1) is 9.26. The molecular formula is C16H24O3. The summed E-state index contributed by atoms with van der Waals surface area (Å²) in [5.41, 5.74) is 1.17. The summed E-state index contributed by atoms with van der Waals surface area (Å²) >= 11 is 0. The minimum Gasteiger partial charge on any atom is -0.469 e. The van der Waals surface area contributed by atoms with Gasteiger partial charge < -0.3 is 9.47 Å². The lowest BCUT2D eigenvalue weighted by Crippen LogP contribution is -2.15. The highest BCUT2D eigenvalue weighted by atomic mass is 16.5. The number of hydrogen-bond acceptors (Lipinski definition) is 3. The zero-order chi connectivity index (χ0) is 13.9. The average Bonchev–Trinajstić information content (AvgIpc) is 2.47. The van der Waals surface area contributed by atoms with Gasteiger partial charge in [0, 0.05) is 6.42 Å². The van der Waals surface area contributed by atoms with Gasteiger partial charge in [0.25, 0.3) is 0 Å². The Morgan fingerprint density at radius 2 is 1.95 bits per heavy atom. The highest BCUT2D eigenvalue weighted by molar-refractivity contribution is 5.69. The second kappa shape index (κ2) is 9.56.